The first-order chi connectivity index (χ1) is 11.4. The lowest BCUT2D eigenvalue weighted by molar-refractivity contribution is -0.863. The first-order valence-electron chi connectivity index (χ1n) is 8.42. The van der Waals surface area contributed by atoms with Gasteiger partial charge in [0.1, 0.15) is 12.7 Å². The SMILES string of the molecule is [3H]c1ccccc1COC(=O)[N+]1(CCCC)CC[C@H](O)[C@H]1C(=O)O. The summed E-state index contributed by atoms with van der Waals surface area (Å²) in [6, 6.07) is 5.84. The van der Waals surface area contributed by atoms with Gasteiger partial charge in [0.25, 0.3) is 0 Å². The topological polar surface area (TPSA) is 83.8 Å². The predicted molar refractivity (Wildman–Crippen MR) is 83.6 cm³/mol. The number of benzene rings is 1. The van der Waals surface area contributed by atoms with Gasteiger partial charge in [-0.3, -0.25) is 0 Å². The molecule has 0 aliphatic carbocycles. The molecule has 2 N–H and O–H groups in total. The van der Waals surface area contributed by atoms with Crippen LogP contribution in [0.2, 0.25) is 0 Å². The summed E-state index contributed by atoms with van der Waals surface area (Å²) in [5.41, 5.74) is 0.561. The largest absolute Gasteiger partial charge is 0.517 e. The van der Waals surface area contributed by atoms with Crippen molar-refractivity contribution in [2.45, 2.75) is 44.9 Å². The average Bonchev–Trinajstić information content (AvgIpc) is 2.90. The lowest BCUT2D eigenvalue weighted by Gasteiger charge is -2.34. The highest BCUT2D eigenvalue weighted by Gasteiger charge is 2.58. The molecule has 1 aliphatic heterocycles. The van der Waals surface area contributed by atoms with Crippen molar-refractivity contribution in [2.75, 3.05) is 13.1 Å². The van der Waals surface area contributed by atoms with Gasteiger partial charge in [-0.15, -0.1) is 0 Å². The highest BCUT2D eigenvalue weighted by molar-refractivity contribution is 5.76. The second-order valence-electron chi connectivity index (χ2n) is 5.92. The molecule has 6 nitrogen and oxygen atoms in total. The third-order valence-corrected chi connectivity index (χ3v) is 4.37. The average molecular weight is 324 g/mol. The highest BCUT2D eigenvalue weighted by atomic mass is 16.6. The number of aliphatic hydroxyl groups is 1. The van der Waals surface area contributed by atoms with E-state index in [2.05, 4.69) is 0 Å². The number of carboxylic acid groups (broad SMARTS) is 1. The van der Waals surface area contributed by atoms with Crippen LogP contribution in [0, 0.1) is 0 Å². The van der Waals surface area contributed by atoms with Gasteiger partial charge in [0, 0.05) is 6.42 Å². The fraction of sp³-hybridized carbons (Fsp3) is 0.529. The number of carbonyl (C=O) groups excluding carboxylic acids is 1. The molecule has 0 spiro atoms. The van der Waals surface area contributed by atoms with E-state index in [-0.39, 0.29) is 30.1 Å². The minimum atomic E-state index is -1.20. The lowest BCUT2D eigenvalue weighted by Crippen LogP contribution is -2.61. The van der Waals surface area contributed by atoms with Crippen molar-refractivity contribution < 1.29 is 30.4 Å². The Balaban J connectivity index is 2.19. The molecular formula is C17H24NO5+. The number of ether oxygens (including phenoxy) is 1. The Morgan fingerprint density at radius 2 is 2.22 bits per heavy atom. The first-order valence-corrected chi connectivity index (χ1v) is 7.92. The number of aliphatic carboxylic acids is 1. The van der Waals surface area contributed by atoms with Crippen molar-refractivity contribution in [1.29, 1.82) is 0 Å². The molecule has 0 radical (unpaired) electrons. The van der Waals surface area contributed by atoms with Crippen LogP contribution < -0.4 is 0 Å². The van der Waals surface area contributed by atoms with Crippen molar-refractivity contribution in [3.8, 4) is 0 Å². The maximum Gasteiger partial charge on any atom is 0.517 e. The van der Waals surface area contributed by atoms with Gasteiger partial charge in [-0.05, 0) is 12.0 Å². The molecule has 1 saturated heterocycles. The number of hydrogen-bond acceptors (Lipinski definition) is 4. The molecule has 1 aliphatic rings. The van der Waals surface area contributed by atoms with Crippen LogP contribution in [0.25, 0.3) is 0 Å². The number of quaternary nitrogens is 1. The normalized spacial score (nSPS) is 27.5. The van der Waals surface area contributed by atoms with E-state index in [9.17, 15) is 19.8 Å². The molecule has 3 atom stereocenters. The highest BCUT2D eigenvalue weighted by Crippen LogP contribution is 2.30. The summed E-state index contributed by atoms with van der Waals surface area (Å²) in [5.74, 6) is -1.19. The first kappa shape index (κ1) is 16.0. The fourth-order valence-electron chi connectivity index (χ4n) is 3.14. The predicted octanol–water partition coefficient (Wildman–Crippen LogP) is 2.16. The van der Waals surface area contributed by atoms with Crippen LogP contribution in [0.1, 0.15) is 33.1 Å². The van der Waals surface area contributed by atoms with Gasteiger partial charge in [-0.2, -0.15) is 4.79 Å². The third kappa shape index (κ3) is 3.71. The van der Waals surface area contributed by atoms with Crippen molar-refractivity contribution in [3.05, 3.63) is 35.9 Å². The number of amides is 1. The molecule has 0 bridgehead atoms. The van der Waals surface area contributed by atoms with E-state index in [1.54, 1.807) is 24.3 Å². The van der Waals surface area contributed by atoms with Crippen molar-refractivity contribution >= 4 is 12.1 Å². The van der Waals surface area contributed by atoms with Gasteiger partial charge >= 0.3 is 12.1 Å². The maximum absolute atomic E-state index is 12.7. The number of unbranched alkanes of at least 4 members (excludes halogenated alkanes) is 1. The monoisotopic (exact) mass is 324 g/mol. The van der Waals surface area contributed by atoms with Crippen molar-refractivity contribution in [1.82, 2.24) is 0 Å². The zero-order chi connectivity index (χ0) is 17.7. The van der Waals surface area contributed by atoms with E-state index < -0.39 is 24.2 Å². The number of aliphatic hydroxyl groups excluding tert-OH is 1. The summed E-state index contributed by atoms with van der Waals surface area (Å²) in [7, 11) is 0. The standard InChI is InChI=1S/C17H23NO5/c1-2-3-10-18(11-9-14(19)15(18)16(20)21)17(22)23-12-13-7-5-4-6-8-13/h4-8,14-15,19H,2-3,9-12H2,1H3/p+1/t14-,15-,18?/m0/s1/i7T. The van der Waals surface area contributed by atoms with Gasteiger partial charge in [-0.25, -0.2) is 9.28 Å². The van der Waals surface area contributed by atoms with Gasteiger partial charge in [0.2, 0.25) is 6.04 Å². The molecule has 1 aromatic rings. The van der Waals surface area contributed by atoms with Crippen LogP contribution >= 0.6 is 0 Å². The molecule has 6 heteroatoms. The number of carboxylic acids is 1. The summed E-state index contributed by atoms with van der Waals surface area (Å²) < 4.78 is 12.8. The number of carbonyl (C=O) groups is 2. The summed E-state index contributed by atoms with van der Waals surface area (Å²) in [6.45, 7) is 2.46. The van der Waals surface area contributed by atoms with Crippen molar-refractivity contribution in [3.63, 3.8) is 0 Å². The Kier molecular flexibility index (Phi) is 5.25. The number of rotatable bonds is 6. The smallest absolute Gasteiger partial charge is 0.477 e. The van der Waals surface area contributed by atoms with Gasteiger partial charge in [-0.1, -0.05) is 43.7 Å². The molecule has 0 aromatic heterocycles. The molecule has 1 heterocycles. The van der Waals surface area contributed by atoms with Crippen LogP contribution in [0.5, 0.6) is 0 Å². The summed E-state index contributed by atoms with van der Waals surface area (Å²) >= 11 is 0. The fourth-order valence-corrected chi connectivity index (χ4v) is 3.14. The molecule has 1 aromatic carbocycles. The Morgan fingerprint density at radius 3 is 2.87 bits per heavy atom. The van der Waals surface area contributed by atoms with E-state index in [1.165, 1.54) is 0 Å². The zero-order valence-electron chi connectivity index (χ0n) is 14.3. The number of nitrogens with zero attached hydrogens (tertiary/aromatic N) is 1. The Labute approximate surface area is 137 Å². The lowest BCUT2D eigenvalue weighted by atomic mass is 10.1. The van der Waals surface area contributed by atoms with Crippen molar-refractivity contribution in [2.24, 2.45) is 0 Å². The van der Waals surface area contributed by atoms with Crippen LogP contribution in [-0.4, -0.2) is 52.0 Å². The molecule has 1 unspecified atom stereocenters. The molecule has 1 amide bonds. The minimum Gasteiger partial charge on any atom is -0.477 e. The molecule has 126 valence electrons. The van der Waals surface area contributed by atoms with Gasteiger partial charge in [0.05, 0.1) is 14.5 Å². The molecule has 1 fully saturated rings. The van der Waals surface area contributed by atoms with Gasteiger partial charge in [0.15, 0.2) is 0 Å². The van der Waals surface area contributed by atoms with E-state index in [1.807, 2.05) is 6.92 Å². The molecule has 0 saturated carbocycles. The van der Waals surface area contributed by atoms with Gasteiger partial charge < -0.3 is 14.9 Å². The Hall–Kier alpha value is -1.92. The van der Waals surface area contributed by atoms with E-state index in [4.69, 9.17) is 6.11 Å². The molecular weight excluding hydrogens is 298 g/mol. The number of hydrogen-bond donors (Lipinski definition) is 2. The third-order valence-electron chi connectivity index (χ3n) is 4.37. The summed E-state index contributed by atoms with van der Waals surface area (Å²) in [5, 5.41) is 19.5. The van der Waals surface area contributed by atoms with Crippen LogP contribution in [0.4, 0.5) is 4.79 Å². The second-order valence-corrected chi connectivity index (χ2v) is 5.92. The zero-order valence-corrected chi connectivity index (χ0v) is 13.3. The van der Waals surface area contributed by atoms with Crippen LogP contribution in [0.15, 0.2) is 30.3 Å². The van der Waals surface area contributed by atoms with E-state index >= 15 is 0 Å². The maximum atomic E-state index is 12.7. The van der Waals surface area contributed by atoms with E-state index in [0.29, 0.717) is 18.5 Å². The molecule has 2 rings (SSSR count). The van der Waals surface area contributed by atoms with Crippen LogP contribution in [-0.2, 0) is 16.1 Å². The summed E-state index contributed by atoms with van der Waals surface area (Å²) in [6.07, 6.45) is 0.0301. The second kappa shape index (κ2) is 7.57. The van der Waals surface area contributed by atoms with E-state index in [0.717, 1.165) is 6.42 Å². The Morgan fingerprint density at radius 1 is 1.43 bits per heavy atom. The minimum absolute atomic E-state index is 0.0763. The Bertz CT molecular complexity index is 608. The van der Waals surface area contributed by atoms with Crippen LogP contribution in [0.3, 0.4) is 0 Å². The number of likely N-dealkylation sites (tertiary alicyclic amines) is 1. The molecule has 23 heavy (non-hydrogen) atoms. The quantitative estimate of drug-likeness (QED) is 0.783. The summed E-state index contributed by atoms with van der Waals surface area (Å²) in [4.78, 5) is 24.3.